The largest absolute Gasteiger partial charge is 0.481 e. The van der Waals surface area contributed by atoms with Gasteiger partial charge < -0.3 is 5.11 Å². The molecule has 0 aliphatic carbocycles. The molecule has 1 heterocycles. The third-order valence-electron chi connectivity index (χ3n) is 2.51. The van der Waals surface area contributed by atoms with Gasteiger partial charge >= 0.3 is 5.97 Å². The van der Waals surface area contributed by atoms with Gasteiger partial charge in [-0.1, -0.05) is 31.2 Å². The fourth-order valence-corrected chi connectivity index (χ4v) is 2.58. The normalized spacial score (nSPS) is 10.4. The smallest absolute Gasteiger partial charge is 0.309 e. The molecule has 0 fully saturated rings. The Hall–Kier alpha value is -1.68. The minimum atomic E-state index is -0.842. The van der Waals surface area contributed by atoms with Crippen molar-refractivity contribution in [1.82, 2.24) is 4.98 Å². The van der Waals surface area contributed by atoms with Crippen LogP contribution in [0.25, 0.3) is 10.6 Å². The van der Waals surface area contributed by atoms with Crippen LogP contribution in [0.15, 0.2) is 29.6 Å². The van der Waals surface area contributed by atoms with Crippen LogP contribution in [0.1, 0.15) is 18.2 Å². The molecule has 0 aliphatic heterocycles. The maximum Gasteiger partial charge on any atom is 0.309 e. The summed E-state index contributed by atoms with van der Waals surface area (Å²) in [5, 5.41) is 11.4. The van der Waals surface area contributed by atoms with Crippen molar-refractivity contribution < 1.29 is 9.90 Å². The molecule has 2 aromatic rings. The van der Waals surface area contributed by atoms with Gasteiger partial charge in [0.05, 0.1) is 12.1 Å². The molecule has 0 amide bonds. The number of carboxylic acid groups (broad SMARTS) is 1. The molecule has 0 aliphatic rings. The van der Waals surface area contributed by atoms with E-state index in [4.69, 9.17) is 5.11 Å². The summed E-state index contributed by atoms with van der Waals surface area (Å²) in [6.07, 6.45) is 0.939. The lowest BCUT2D eigenvalue weighted by molar-refractivity contribution is -0.136. The Morgan fingerprint density at radius 3 is 2.88 bits per heavy atom. The standard InChI is InChI=1S/C13H13NO2S/c1-2-9-5-3-4-6-11(9)13-14-10(8-17-13)7-12(15)16/h3-6,8H,2,7H2,1H3,(H,15,16). The van der Waals surface area contributed by atoms with E-state index < -0.39 is 5.97 Å². The average Bonchev–Trinajstić information content (AvgIpc) is 2.76. The highest BCUT2D eigenvalue weighted by Crippen LogP contribution is 2.27. The summed E-state index contributed by atoms with van der Waals surface area (Å²) < 4.78 is 0. The van der Waals surface area contributed by atoms with Crippen molar-refractivity contribution in [2.24, 2.45) is 0 Å². The second-order valence-corrected chi connectivity index (χ2v) is 4.58. The molecule has 1 aromatic carbocycles. The first kappa shape index (κ1) is 11.8. The van der Waals surface area contributed by atoms with Crippen molar-refractivity contribution in [3.8, 4) is 10.6 Å². The Morgan fingerprint density at radius 2 is 2.18 bits per heavy atom. The van der Waals surface area contributed by atoms with Crippen LogP contribution < -0.4 is 0 Å². The molecule has 4 heteroatoms. The average molecular weight is 247 g/mol. The van der Waals surface area contributed by atoms with E-state index in [1.165, 1.54) is 16.9 Å². The van der Waals surface area contributed by atoms with Crippen LogP contribution in [-0.4, -0.2) is 16.1 Å². The van der Waals surface area contributed by atoms with Gasteiger partial charge in [0.1, 0.15) is 5.01 Å². The highest BCUT2D eigenvalue weighted by Gasteiger charge is 2.09. The number of hydrogen-bond acceptors (Lipinski definition) is 3. The van der Waals surface area contributed by atoms with Crippen molar-refractivity contribution in [3.05, 3.63) is 40.9 Å². The zero-order valence-electron chi connectivity index (χ0n) is 9.51. The van der Waals surface area contributed by atoms with Crippen LogP contribution in [0, 0.1) is 0 Å². The Labute approximate surface area is 104 Å². The lowest BCUT2D eigenvalue weighted by Gasteiger charge is -2.03. The van der Waals surface area contributed by atoms with Crippen LogP contribution >= 0.6 is 11.3 Å². The van der Waals surface area contributed by atoms with Gasteiger partial charge in [0.15, 0.2) is 0 Å². The number of thiazole rings is 1. The van der Waals surface area contributed by atoms with E-state index >= 15 is 0 Å². The SMILES string of the molecule is CCc1ccccc1-c1nc(CC(=O)O)cs1. The van der Waals surface area contributed by atoms with Gasteiger partial charge in [0.2, 0.25) is 0 Å². The molecule has 0 atom stereocenters. The van der Waals surface area contributed by atoms with Gasteiger partial charge in [0, 0.05) is 10.9 Å². The van der Waals surface area contributed by atoms with Crippen LogP contribution in [0.2, 0.25) is 0 Å². The third kappa shape index (κ3) is 2.71. The van der Waals surface area contributed by atoms with Gasteiger partial charge in [-0.15, -0.1) is 11.3 Å². The molecule has 17 heavy (non-hydrogen) atoms. The number of carboxylic acids is 1. The van der Waals surface area contributed by atoms with Crippen molar-refractivity contribution >= 4 is 17.3 Å². The molecule has 0 spiro atoms. The van der Waals surface area contributed by atoms with Crippen LogP contribution in [0.5, 0.6) is 0 Å². The molecule has 0 radical (unpaired) electrons. The van der Waals surface area contributed by atoms with Crippen molar-refractivity contribution in [2.45, 2.75) is 19.8 Å². The summed E-state index contributed by atoms with van der Waals surface area (Å²) in [7, 11) is 0. The number of nitrogens with zero attached hydrogens (tertiary/aromatic N) is 1. The number of carbonyl (C=O) groups is 1. The van der Waals surface area contributed by atoms with Crippen molar-refractivity contribution in [3.63, 3.8) is 0 Å². The molecular weight excluding hydrogens is 234 g/mol. The maximum absolute atomic E-state index is 10.6. The zero-order chi connectivity index (χ0) is 12.3. The number of benzene rings is 1. The lowest BCUT2D eigenvalue weighted by atomic mass is 10.1. The summed E-state index contributed by atoms with van der Waals surface area (Å²) in [6.45, 7) is 2.10. The molecular formula is C13H13NO2S. The molecule has 0 saturated heterocycles. The summed E-state index contributed by atoms with van der Waals surface area (Å²) in [6, 6.07) is 8.09. The van der Waals surface area contributed by atoms with Gasteiger partial charge in [-0.2, -0.15) is 0 Å². The van der Waals surface area contributed by atoms with E-state index in [1.807, 2.05) is 23.6 Å². The number of rotatable bonds is 4. The second-order valence-electron chi connectivity index (χ2n) is 3.73. The van der Waals surface area contributed by atoms with E-state index in [0.717, 1.165) is 17.0 Å². The molecule has 1 aromatic heterocycles. The Balaban J connectivity index is 2.33. The topological polar surface area (TPSA) is 50.2 Å². The second kappa shape index (κ2) is 5.10. The fourth-order valence-electron chi connectivity index (χ4n) is 1.70. The highest BCUT2D eigenvalue weighted by atomic mass is 32.1. The van der Waals surface area contributed by atoms with Gasteiger partial charge in [-0.05, 0) is 12.0 Å². The summed E-state index contributed by atoms with van der Waals surface area (Å²) in [5.74, 6) is -0.842. The first-order valence-corrected chi connectivity index (χ1v) is 6.33. The predicted molar refractivity (Wildman–Crippen MR) is 68.3 cm³/mol. The maximum atomic E-state index is 10.6. The predicted octanol–water partition coefficient (Wildman–Crippen LogP) is 3.00. The first-order valence-electron chi connectivity index (χ1n) is 5.45. The number of aryl methyl sites for hydroxylation is 1. The lowest BCUT2D eigenvalue weighted by Crippen LogP contribution is -2.00. The minimum Gasteiger partial charge on any atom is -0.481 e. The van der Waals surface area contributed by atoms with Crippen LogP contribution in [0.4, 0.5) is 0 Å². The molecule has 0 saturated carbocycles. The van der Waals surface area contributed by atoms with E-state index in [9.17, 15) is 4.79 Å². The number of aliphatic carboxylic acids is 1. The molecule has 88 valence electrons. The Kier molecular flexibility index (Phi) is 3.54. The summed E-state index contributed by atoms with van der Waals surface area (Å²) in [5.41, 5.74) is 2.98. The molecule has 1 N–H and O–H groups in total. The van der Waals surface area contributed by atoms with E-state index in [-0.39, 0.29) is 6.42 Å². The van der Waals surface area contributed by atoms with Gasteiger partial charge in [0.25, 0.3) is 0 Å². The number of hydrogen-bond donors (Lipinski definition) is 1. The first-order chi connectivity index (χ1) is 8.20. The van der Waals surface area contributed by atoms with Crippen molar-refractivity contribution in [2.75, 3.05) is 0 Å². The quantitative estimate of drug-likeness (QED) is 0.903. The van der Waals surface area contributed by atoms with Crippen LogP contribution in [0.3, 0.4) is 0 Å². The number of aromatic nitrogens is 1. The minimum absolute atomic E-state index is 0.00914. The molecule has 0 unspecified atom stereocenters. The summed E-state index contributed by atoms with van der Waals surface area (Å²) >= 11 is 1.50. The van der Waals surface area contributed by atoms with Crippen molar-refractivity contribution in [1.29, 1.82) is 0 Å². The third-order valence-corrected chi connectivity index (χ3v) is 3.44. The van der Waals surface area contributed by atoms with Gasteiger partial charge in [-0.25, -0.2) is 4.98 Å². The Bertz CT molecular complexity index is 534. The van der Waals surface area contributed by atoms with E-state index in [2.05, 4.69) is 18.0 Å². The van der Waals surface area contributed by atoms with E-state index in [1.54, 1.807) is 0 Å². The molecule has 0 bridgehead atoms. The fraction of sp³-hybridized carbons (Fsp3) is 0.231. The molecule has 3 nitrogen and oxygen atoms in total. The van der Waals surface area contributed by atoms with Crippen LogP contribution in [-0.2, 0) is 17.6 Å². The van der Waals surface area contributed by atoms with Gasteiger partial charge in [-0.3, -0.25) is 4.79 Å². The molecule has 2 rings (SSSR count). The van der Waals surface area contributed by atoms with E-state index in [0.29, 0.717) is 5.69 Å². The summed E-state index contributed by atoms with van der Waals surface area (Å²) in [4.78, 5) is 15.0. The Morgan fingerprint density at radius 1 is 1.41 bits per heavy atom. The monoisotopic (exact) mass is 247 g/mol. The highest BCUT2D eigenvalue weighted by molar-refractivity contribution is 7.13. The zero-order valence-corrected chi connectivity index (χ0v) is 10.3.